The number of ether oxygens (including phenoxy) is 1. The van der Waals surface area contributed by atoms with Gasteiger partial charge in [-0.15, -0.1) is 0 Å². The van der Waals surface area contributed by atoms with Crippen LogP contribution in [-0.4, -0.2) is 33.9 Å². The van der Waals surface area contributed by atoms with Crippen molar-refractivity contribution < 1.29 is 9.53 Å². The predicted octanol–water partition coefficient (Wildman–Crippen LogP) is 4.51. The average Bonchev–Trinajstić information content (AvgIpc) is 3.26. The number of rotatable bonds is 5. The molecule has 0 unspecified atom stereocenters. The summed E-state index contributed by atoms with van der Waals surface area (Å²) in [5.74, 6) is 4.55. The molecule has 0 saturated heterocycles. The molecule has 4 saturated carbocycles. The van der Waals surface area contributed by atoms with Crippen LogP contribution < -0.4 is 10.1 Å². The van der Waals surface area contributed by atoms with Gasteiger partial charge in [-0.1, -0.05) is 12.1 Å². The van der Waals surface area contributed by atoms with Crippen LogP contribution in [0.5, 0.6) is 5.75 Å². The molecule has 1 N–H and O–H groups in total. The number of amides is 1. The molecule has 1 amide bonds. The highest BCUT2D eigenvalue weighted by atomic mass is 16.5. The Morgan fingerprint density at radius 3 is 2.68 bits per heavy atom. The molecule has 4 bridgehead atoms. The number of hydrogen-bond acceptors (Lipinski definition) is 5. The summed E-state index contributed by atoms with van der Waals surface area (Å²) in [6, 6.07) is 6.57. The van der Waals surface area contributed by atoms with Crippen LogP contribution in [0.15, 0.2) is 24.5 Å². The smallest absolute Gasteiger partial charge is 0.226 e. The fraction of sp³-hybridized carbons (Fsp3) is 0.607. The molecule has 34 heavy (non-hydrogen) atoms. The van der Waals surface area contributed by atoms with E-state index >= 15 is 0 Å². The summed E-state index contributed by atoms with van der Waals surface area (Å²) in [5.41, 5.74) is 5.08. The summed E-state index contributed by atoms with van der Waals surface area (Å²) in [4.78, 5) is 24.7. The van der Waals surface area contributed by atoms with Gasteiger partial charge in [0.15, 0.2) is 0 Å². The Bertz CT molecular complexity index is 1090. The standard InChI is InChI=1S/C28H34N4O2/c33-26(14-28-11-19-7-20(12-28)9-21(8-19)13-28)31-27-23-3-5-32(16-24(23)29-17-30-27)15-18-1-2-25-22(10-18)4-6-34-25/h1-2,10,17,19-21H,3-9,11-16H2,(H,29,30,31,33). The minimum absolute atomic E-state index is 0.158. The Labute approximate surface area is 201 Å². The molecular formula is C28H34N4O2. The lowest BCUT2D eigenvalue weighted by Crippen LogP contribution is -2.47. The van der Waals surface area contributed by atoms with E-state index < -0.39 is 0 Å². The van der Waals surface area contributed by atoms with Gasteiger partial charge in [-0.25, -0.2) is 9.97 Å². The van der Waals surface area contributed by atoms with Crippen LogP contribution in [0.1, 0.15) is 67.3 Å². The number of nitrogens with zero attached hydrogens (tertiary/aromatic N) is 3. The van der Waals surface area contributed by atoms with Crippen LogP contribution in [-0.2, 0) is 30.7 Å². The van der Waals surface area contributed by atoms with Gasteiger partial charge in [-0.05, 0) is 85.3 Å². The van der Waals surface area contributed by atoms with Gasteiger partial charge in [0, 0.05) is 38.0 Å². The van der Waals surface area contributed by atoms with Gasteiger partial charge in [-0.2, -0.15) is 0 Å². The van der Waals surface area contributed by atoms with Gasteiger partial charge in [0.05, 0.1) is 12.3 Å². The van der Waals surface area contributed by atoms with Crippen LogP contribution in [0, 0.1) is 23.2 Å². The predicted molar refractivity (Wildman–Crippen MR) is 129 cm³/mol. The Kier molecular flexibility index (Phi) is 4.94. The lowest BCUT2D eigenvalue weighted by Gasteiger charge is -2.56. The third kappa shape index (κ3) is 3.80. The zero-order valence-electron chi connectivity index (χ0n) is 19.9. The van der Waals surface area contributed by atoms with Gasteiger partial charge in [-0.3, -0.25) is 9.69 Å². The van der Waals surface area contributed by atoms with Crippen LogP contribution in [0.4, 0.5) is 5.82 Å². The van der Waals surface area contributed by atoms with Crippen LogP contribution >= 0.6 is 0 Å². The van der Waals surface area contributed by atoms with E-state index in [1.807, 2.05) is 0 Å². The molecule has 6 heteroatoms. The van der Waals surface area contributed by atoms with Crippen molar-refractivity contribution in [3.63, 3.8) is 0 Å². The van der Waals surface area contributed by atoms with Crippen molar-refractivity contribution >= 4 is 11.7 Å². The number of nitrogens with one attached hydrogen (secondary N) is 1. The van der Waals surface area contributed by atoms with Gasteiger partial charge in [0.2, 0.25) is 5.91 Å². The van der Waals surface area contributed by atoms with E-state index in [9.17, 15) is 4.79 Å². The molecule has 2 aliphatic heterocycles. The second-order valence-electron chi connectivity index (χ2n) is 11.8. The summed E-state index contributed by atoms with van der Waals surface area (Å²) in [6.07, 6.45) is 12.2. The molecule has 4 fully saturated rings. The van der Waals surface area contributed by atoms with Crippen LogP contribution in [0.2, 0.25) is 0 Å². The van der Waals surface area contributed by atoms with E-state index in [0.717, 1.165) is 79.7 Å². The van der Waals surface area contributed by atoms with Gasteiger partial charge >= 0.3 is 0 Å². The second kappa shape index (κ2) is 8.04. The van der Waals surface area contributed by atoms with Crippen molar-refractivity contribution in [3.8, 4) is 5.75 Å². The number of carbonyl (C=O) groups excluding carboxylic acids is 1. The maximum atomic E-state index is 13.2. The zero-order chi connectivity index (χ0) is 22.7. The lowest BCUT2D eigenvalue weighted by molar-refractivity contribution is -0.124. The van der Waals surface area contributed by atoms with Gasteiger partial charge in [0.1, 0.15) is 17.9 Å². The van der Waals surface area contributed by atoms with E-state index in [1.54, 1.807) is 6.33 Å². The molecule has 0 spiro atoms. The summed E-state index contributed by atoms with van der Waals surface area (Å²) >= 11 is 0. The molecule has 0 atom stereocenters. The topological polar surface area (TPSA) is 67.4 Å². The highest BCUT2D eigenvalue weighted by Gasteiger charge is 2.51. The number of aromatic nitrogens is 2. The lowest BCUT2D eigenvalue weighted by atomic mass is 9.49. The van der Waals surface area contributed by atoms with E-state index in [0.29, 0.717) is 6.42 Å². The Balaban J connectivity index is 1.02. The number of hydrogen-bond donors (Lipinski definition) is 1. The van der Waals surface area contributed by atoms with E-state index in [2.05, 4.69) is 38.4 Å². The van der Waals surface area contributed by atoms with E-state index in [1.165, 1.54) is 49.7 Å². The van der Waals surface area contributed by atoms with Crippen molar-refractivity contribution in [2.24, 2.45) is 23.2 Å². The fourth-order valence-electron chi connectivity index (χ4n) is 8.27. The summed E-state index contributed by atoms with van der Waals surface area (Å²) < 4.78 is 5.65. The van der Waals surface area contributed by atoms with E-state index in [4.69, 9.17) is 4.74 Å². The minimum Gasteiger partial charge on any atom is -0.493 e. The first-order valence-electron chi connectivity index (χ1n) is 13.2. The third-order valence-electron chi connectivity index (χ3n) is 9.20. The first kappa shape index (κ1) is 20.9. The Morgan fingerprint density at radius 2 is 1.88 bits per heavy atom. The molecule has 0 radical (unpaired) electrons. The largest absolute Gasteiger partial charge is 0.493 e. The number of fused-ring (bicyclic) bond motifs is 2. The molecule has 4 aliphatic carbocycles. The monoisotopic (exact) mass is 458 g/mol. The third-order valence-corrected chi connectivity index (χ3v) is 9.20. The maximum absolute atomic E-state index is 13.2. The average molecular weight is 459 g/mol. The SMILES string of the molecule is O=C(CC12CC3CC(CC(C3)C1)C2)Nc1ncnc2c1CCN(Cc1ccc3c(c1)CCO3)C2. The molecule has 1 aromatic heterocycles. The first-order chi connectivity index (χ1) is 16.6. The van der Waals surface area contributed by atoms with Gasteiger partial charge in [0.25, 0.3) is 0 Å². The molecule has 8 rings (SSSR count). The van der Waals surface area contributed by atoms with Crippen LogP contribution in [0.25, 0.3) is 0 Å². The summed E-state index contributed by atoms with van der Waals surface area (Å²) in [7, 11) is 0. The fourth-order valence-corrected chi connectivity index (χ4v) is 8.27. The number of benzene rings is 1. The zero-order valence-corrected chi connectivity index (χ0v) is 19.9. The molecule has 2 aromatic rings. The van der Waals surface area contributed by atoms with Crippen molar-refractivity contribution in [1.82, 2.24) is 14.9 Å². The molecule has 1 aromatic carbocycles. The summed E-state index contributed by atoms with van der Waals surface area (Å²) in [5, 5.41) is 3.22. The molecule has 3 heterocycles. The van der Waals surface area contributed by atoms with Crippen LogP contribution in [0.3, 0.4) is 0 Å². The van der Waals surface area contributed by atoms with Crippen molar-refractivity contribution in [2.75, 3.05) is 18.5 Å². The molecular weight excluding hydrogens is 424 g/mol. The molecule has 178 valence electrons. The van der Waals surface area contributed by atoms with Gasteiger partial charge < -0.3 is 10.1 Å². The summed E-state index contributed by atoms with van der Waals surface area (Å²) in [6.45, 7) is 3.45. The second-order valence-corrected chi connectivity index (χ2v) is 11.8. The Hall–Kier alpha value is -2.47. The number of carbonyl (C=O) groups is 1. The van der Waals surface area contributed by atoms with Crippen molar-refractivity contribution in [1.29, 1.82) is 0 Å². The molecule has 6 aliphatic rings. The molecule has 6 nitrogen and oxygen atoms in total. The highest BCUT2D eigenvalue weighted by Crippen LogP contribution is 2.61. The minimum atomic E-state index is 0.158. The van der Waals surface area contributed by atoms with Crippen molar-refractivity contribution in [2.45, 2.75) is 70.9 Å². The van der Waals surface area contributed by atoms with E-state index in [-0.39, 0.29) is 11.3 Å². The highest BCUT2D eigenvalue weighted by molar-refractivity contribution is 5.91. The normalized spacial score (nSPS) is 31.1. The maximum Gasteiger partial charge on any atom is 0.226 e. The number of anilines is 1. The Morgan fingerprint density at radius 1 is 1.09 bits per heavy atom. The first-order valence-corrected chi connectivity index (χ1v) is 13.2. The van der Waals surface area contributed by atoms with Crippen molar-refractivity contribution in [3.05, 3.63) is 46.9 Å². The quantitative estimate of drug-likeness (QED) is 0.714.